The molecule has 0 bridgehead atoms. The number of rotatable bonds is 4. The van der Waals surface area contributed by atoms with Crippen molar-refractivity contribution in [3.05, 3.63) is 0 Å². The van der Waals surface area contributed by atoms with Crippen molar-refractivity contribution in [2.45, 2.75) is 71.8 Å². The molecule has 6 nitrogen and oxygen atoms in total. The number of aliphatic hydroxyl groups excluding tert-OH is 2. The van der Waals surface area contributed by atoms with E-state index in [0.29, 0.717) is 17.3 Å². The average Bonchev–Trinajstić information content (AvgIpc) is 2.88. The van der Waals surface area contributed by atoms with Gasteiger partial charge in [0.2, 0.25) is 5.91 Å². The molecule has 1 saturated carbocycles. The number of hydrogen-bond acceptors (Lipinski definition) is 5. The number of carbonyl (C=O) groups is 1. The second kappa shape index (κ2) is 7.05. The Hall–Kier alpha value is -0.690. The monoisotopic (exact) mass is 328 g/mol. The van der Waals surface area contributed by atoms with Crippen molar-refractivity contribution in [1.29, 1.82) is 0 Å². The molecule has 23 heavy (non-hydrogen) atoms. The first-order valence-electron chi connectivity index (χ1n) is 8.68. The molecule has 6 heteroatoms. The van der Waals surface area contributed by atoms with Crippen molar-refractivity contribution in [3.8, 4) is 0 Å². The van der Waals surface area contributed by atoms with Crippen LogP contribution in [0.3, 0.4) is 0 Å². The highest BCUT2D eigenvalue weighted by atomic mass is 16.7. The minimum atomic E-state index is -0.737. The molecule has 134 valence electrons. The lowest BCUT2D eigenvalue weighted by Gasteiger charge is -2.44. The Morgan fingerprint density at radius 2 is 2.09 bits per heavy atom. The summed E-state index contributed by atoms with van der Waals surface area (Å²) >= 11 is 0. The maximum atomic E-state index is 12.7. The highest BCUT2D eigenvalue weighted by Gasteiger charge is 2.45. The van der Waals surface area contributed by atoms with Crippen LogP contribution in [-0.4, -0.2) is 47.0 Å². The molecule has 1 aliphatic heterocycles. The summed E-state index contributed by atoms with van der Waals surface area (Å²) in [7, 11) is 0. The molecule has 0 aromatic rings. The van der Waals surface area contributed by atoms with Gasteiger partial charge in [-0.2, -0.15) is 5.48 Å². The van der Waals surface area contributed by atoms with Gasteiger partial charge >= 0.3 is 0 Å². The number of hydroxylamine groups is 1. The van der Waals surface area contributed by atoms with E-state index in [2.05, 4.69) is 38.5 Å². The average molecular weight is 328 g/mol. The Morgan fingerprint density at radius 3 is 2.65 bits per heavy atom. The first-order chi connectivity index (χ1) is 10.7. The normalized spacial score (nSPS) is 41.5. The van der Waals surface area contributed by atoms with Crippen molar-refractivity contribution in [2.75, 3.05) is 6.61 Å². The molecule has 4 N–H and O–H groups in total. The Morgan fingerprint density at radius 1 is 1.43 bits per heavy atom. The van der Waals surface area contributed by atoms with Crippen LogP contribution in [0.5, 0.6) is 0 Å². The van der Waals surface area contributed by atoms with Gasteiger partial charge in [0.05, 0.1) is 12.7 Å². The van der Waals surface area contributed by atoms with E-state index < -0.39 is 24.2 Å². The van der Waals surface area contributed by atoms with Gasteiger partial charge in [0.15, 0.2) is 0 Å². The van der Waals surface area contributed by atoms with E-state index in [1.54, 1.807) is 6.92 Å². The molecule has 1 aliphatic carbocycles. The van der Waals surface area contributed by atoms with Crippen LogP contribution in [0, 0.1) is 23.2 Å². The highest BCUT2D eigenvalue weighted by Crippen LogP contribution is 2.43. The number of nitrogens with one attached hydrogen (secondary N) is 2. The number of aliphatic hydroxyl groups is 2. The third-order valence-electron chi connectivity index (χ3n) is 5.98. The highest BCUT2D eigenvalue weighted by molar-refractivity contribution is 5.82. The van der Waals surface area contributed by atoms with Crippen LogP contribution in [0.25, 0.3) is 0 Å². The van der Waals surface area contributed by atoms with Crippen LogP contribution in [0.15, 0.2) is 0 Å². The zero-order valence-corrected chi connectivity index (χ0v) is 14.9. The predicted octanol–water partition coefficient (Wildman–Crippen LogP) is 0.825. The Labute approximate surface area is 138 Å². The van der Waals surface area contributed by atoms with E-state index in [-0.39, 0.29) is 18.6 Å². The molecule has 2 fully saturated rings. The largest absolute Gasteiger partial charge is 0.394 e. The number of amides is 1. The second-order valence-electron chi connectivity index (χ2n) is 8.17. The maximum Gasteiger partial charge on any atom is 0.240 e. The van der Waals surface area contributed by atoms with E-state index in [1.807, 2.05) is 0 Å². The molecular weight excluding hydrogens is 296 g/mol. The molecule has 0 spiro atoms. The fraction of sp³-hybridized carbons (Fsp3) is 0.941. The predicted molar refractivity (Wildman–Crippen MR) is 87.3 cm³/mol. The van der Waals surface area contributed by atoms with Gasteiger partial charge in [0.1, 0.15) is 12.1 Å². The minimum absolute atomic E-state index is 0.134. The van der Waals surface area contributed by atoms with Crippen molar-refractivity contribution < 1.29 is 19.8 Å². The summed E-state index contributed by atoms with van der Waals surface area (Å²) in [4.78, 5) is 17.9. The van der Waals surface area contributed by atoms with Crippen LogP contribution in [-0.2, 0) is 9.63 Å². The lowest BCUT2D eigenvalue weighted by atomic mass is 9.64. The van der Waals surface area contributed by atoms with Gasteiger partial charge in [-0.3, -0.25) is 9.63 Å². The minimum Gasteiger partial charge on any atom is -0.394 e. The van der Waals surface area contributed by atoms with E-state index >= 15 is 0 Å². The van der Waals surface area contributed by atoms with Crippen molar-refractivity contribution >= 4 is 5.91 Å². The Kier molecular flexibility index (Phi) is 5.72. The third kappa shape index (κ3) is 3.87. The second-order valence-corrected chi connectivity index (χ2v) is 8.17. The molecular formula is C17H32N2O4. The summed E-state index contributed by atoms with van der Waals surface area (Å²) in [5.74, 6) is 0.337. The summed E-state index contributed by atoms with van der Waals surface area (Å²) in [6.07, 6.45) is 0.732. The zero-order valence-electron chi connectivity index (χ0n) is 14.9. The smallest absolute Gasteiger partial charge is 0.240 e. The third-order valence-corrected chi connectivity index (χ3v) is 5.98. The molecule has 0 unspecified atom stereocenters. The summed E-state index contributed by atoms with van der Waals surface area (Å²) < 4.78 is 0. The molecule has 0 radical (unpaired) electrons. The molecule has 0 aromatic heterocycles. The zero-order chi connectivity index (χ0) is 17.4. The molecule has 2 aliphatic rings. The first kappa shape index (κ1) is 18.6. The van der Waals surface area contributed by atoms with E-state index in [9.17, 15) is 15.0 Å². The lowest BCUT2D eigenvalue weighted by Crippen LogP contribution is -2.54. The number of carbonyl (C=O) groups excluding carboxylic acids is 1. The van der Waals surface area contributed by atoms with Gasteiger partial charge in [-0.15, -0.1) is 0 Å². The molecule has 7 atom stereocenters. The molecule has 0 aromatic carbocycles. The van der Waals surface area contributed by atoms with Crippen molar-refractivity contribution in [3.63, 3.8) is 0 Å². The van der Waals surface area contributed by atoms with Gasteiger partial charge in [-0.1, -0.05) is 27.7 Å². The first-order valence-corrected chi connectivity index (χ1v) is 8.68. The van der Waals surface area contributed by atoms with Crippen LogP contribution in [0.4, 0.5) is 0 Å². The van der Waals surface area contributed by atoms with Crippen LogP contribution in [0.1, 0.15) is 47.5 Å². The summed E-state index contributed by atoms with van der Waals surface area (Å²) in [5.41, 5.74) is 2.98. The Bertz CT molecular complexity index is 427. The van der Waals surface area contributed by atoms with Crippen LogP contribution < -0.4 is 10.8 Å². The standard InChI is InChI=1S/C17H32N2O4/c1-9-7-17(4,5)10(2)6-12(9)18-16(22)15-14(11(3)21)13(8-20)23-19-15/h9-15,19-21H,6-8H2,1-5H3,(H,18,22)/t9-,10+,11-,12-,13-,14+,15-/m0/s1. The number of hydrogen-bond donors (Lipinski definition) is 4. The van der Waals surface area contributed by atoms with E-state index in [1.165, 1.54) is 0 Å². The summed E-state index contributed by atoms with van der Waals surface area (Å²) in [5, 5.41) is 22.4. The van der Waals surface area contributed by atoms with Gasteiger partial charge < -0.3 is 15.5 Å². The van der Waals surface area contributed by atoms with E-state index in [0.717, 1.165) is 12.8 Å². The molecule has 1 saturated heterocycles. The van der Waals surface area contributed by atoms with Crippen molar-refractivity contribution in [1.82, 2.24) is 10.8 Å². The van der Waals surface area contributed by atoms with Gasteiger partial charge in [0.25, 0.3) is 0 Å². The summed E-state index contributed by atoms with van der Waals surface area (Å²) in [6.45, 7) is 10.4. The van der Waals surface area contributed by atoms with Gasteiger partial charge in [-0.25, -0.2) is 0 Å². The topological polar surface area (TPSA) is 90.8 Å². The quantitative estimate of drug-likeness (QED) is 0.613. The van der Waals surface area contributed by atoms with Gasteiger partial charge in [0, 0.05) is 12.0 Å². The van der Waals surface area contributed by atoms with Crippen LogP contribution in [0.2, 0.25) is 0 Å². The molecule has 1 heterocycles. The fourth-order valence-corrected chi connectivity index (χ4v) is 4.09. The molecule has 1 amide bonds. The Balaban J connectivity index is 2.01. The SMILES string of the molecule is C[C@H](O)[C@@H]1[C@H](CO)ON[C@@H]1C(=O)N[C@H]1C[C@@H](C)C(C)(C)C[C@@H]1C. The summed E-state index contributed by atoms with van der Waals surface area (Å²) in [6, 6.07) is -0.500. The van der Waals surface area contributed by atoms with Gasteiger partial charge in [-0.05, 0) is 37.0 Å². The molecule has 2 rings (SSSR count). The van der Waals surface area contributed by atoms with Crippen LogP contribution >= 0.6 is 0 Å². The van der Waals surface area contributed by atoms with E-state index in [4.69, 9.17) is 4.84 Å². The van der Waals surface area contributed by atoms with Crippen molar-refractivity contribution in [2.24, 2.45) is 23.2 Å². The maximum absolute atomic E-state index is 12.7. The lowest BCUT2D eigenvalue weighted by molar-refractivity contribution is -0.127. The fourth-order valence-electron chi connectivity index (χ4n) is 4.09.